The third kappa shape index (κ3) is 21.3. The highest BCUT2D eigenvalue weighted by Crippen LogP contribution is 2.50. The minimum absolute atomic E-state index is 0.00765. The number of rotatable bonds is 27. The Kier molecular flexibility index (Phi) is 28.0. The highest BCUT2D eigenvalue weighted by molar-refractivity contribution is 8.04. The number of esters is 6. The summed E-state index contributed by atoms with van der Waals surface area (Å²) < 4.78 is 43.9. The van der Waals surface area contributed by atoms with Crippen LogP contribution < -0.4 is 9.80 Å². The summed E-state index contributed by atoms with van der Waals surface area (Å²) in [4.78, 5) is 85.0. The number of carbonyl (C=O) groups excluding carboxylic acids is 6. The fraction of sp³-hybridized carbons (Fsp3) is 0.481. The molecule has 4 heterocycles. The minimum atomic E-state index is -0.860. The van der Waals surface area contributed by atoms with Gasteiger partial charge in [0.05, 0.1) is 88.3 Å². The molecule has 26 heteroatoms. The maximum atomic E-state index is 13.3. The molecule has 0 unspecified atom stereocenters. The fourth-order valence-electron chi connectivity index (χ4n) is 7.65. The van der Waals surface area contributed by atoms with E-state index in [9.17, 15) is 34.0 Å². The standard InChI is InChI=1S/C54H60Cl2N4O14S6/c1-35-27-75-31-39(32-76-28-35)73-48(63)12-10-46(61)69-16-4-14-59-42-8-6-37(55)24-44(42)79-51(59)41(26-57)53(65)71-22-20-67-18-19-68-21-23-72-54(66)50(58-3)52-60(43-9-7-38(56)25-45(43)80-52)15-5-17-70-47(62)11-13-49(64)74-40-33-77-29-36(2)30-78-34-40/h6-9,24-25,39-40H,1-2,4-5,10-23,27-34H2/b51-41-,52-50+. The van der Waals surface area contributed by atoms with Gasteiger partial charge in [-0.1, -0.05) is 71.0 Å². The summed E-state index contributed by atoms with van der Waals surface area (Å²) in [7, 11) is 0. The summed E-state index contributed by atoms with van der Waals surface area (Å²) in [5, 5.41) is 11.7. The Morgan fingerprint density at radius 3 is 1.45 bits per heavy atom. The molecule has 0 amide bonds. The van der Waals surface area contributed by atoms with Gasteiger partial charge in [-0.3, -0.25) is 24.0 Å². The molecule has 0 aromatic heterocycles. The molecule has 4 aliphatic heterocycles. The molecule has 2 saturated heterocycles. The lowest BCUT2D eigenvalue weighted by Crippen LogP contribution is -2.25. The van der Waals surface area contributed by atoms with Crippen LogP contribution in [0.4, 0.5) is 11.4 Å². The summed E-state index contributed by atoms with van der Waals surface area (Å²) in [5.74, 6) is 2.28. The molecule has 80 heavy (non-hydrogen) atoms. The monoisotopic (exact) mass is 1250 g/mol. The van der Waals surface area contributed by atoms with Crippen LogP contribution in [0.3, 0.4) is 0 Å². The van der Waals surface area contributed by atoms with Gasteiger partial charge in [-0.05, 0) is 49.2 Å². The zero-order valence-corrected chi connectivity index (χ0v) is 50.1. The van der Waals surface area contributed by atoms with Crippen molar-refractivity contribution in [3.63, 3.8) is 0 Å². The topological polar surface area (TPSA) is 211 Å². The lowest BCUT2D eigenvalue weighted by Gasteiger charge is -2.21. The number of hydrogen-bond acceptors (Lipinski definition) is 23. The molecular weight excluding hydrogens is 1190 g/mol. The summed E-state index contributed by atoms with van der Waals surface area (Å²) in [6.07, 6.45) is -0.212. The normalized spacial score (nSPS) is 17.1. The molecule has 0 saturated carbocycles. The van der Waals surface area contributed by atoms with Gasteiger partial charge in [0.15, 0.2) is 5.57 Å². The molecule has 0 atom stereocenters. The molecule has 2 aromatic rings. The van der Waals surface area contributed by atoms with Crippen molar-refractivity contribution in [3.05, 3.63) is 103 Å². The van der Waals surface area contributed by atoms with E-state index in [4.69, 9.17) is 67.7 Å². The van der Waals surface area contributed by atoms with E-state index in [0.29, 0.717) is 61.6 Å². The number of nitriles is 1. The maximum Gasteiger partial charge on any atom is 0.351 e. The molecule has 0 bridgehead atoms. The van der Waals surface area contributed by atoms with Gasteiger partial charge in [0.25, 0.3) is 5.70 Å². The number of nitrogens with zero attached hydrogens (tertiary/aromatic N) is 4. The fourth-order valence-corrected chi connectivity index (χ4v) is 14.9. The first-order chi connectivity index (χ1) is 38.7. The van der Waals surface area contributed by atoms with Crippen LogP contribution in [0.2, 0.25) is 10.0 Å². The van der Waals surface area contributed by atoms with Crippen molar-refractivity contribution in [3.8, 4) is 6.07 Å². The number of hydrogen-bond donors (Lipinski definition) is 0. The lowest BCUT2D eigenvalue weighted by molar-refractivity contribution is -0.152. The Morgan fingerprint density at radius 2 is 1.00 bits per heavy atom. The lowest BCUT2D eigenvalue weighted by atomic mass is 10.2. The highest BCUT2D eigenvalue weighted by atomic mass is 35.5. The Bertz CT molecular complexity index is 2530. The number of fused-ring (bicyclic) bond motifs is 2. The first-order valence-corrected chi connectivity index (χ1v) is 32.3. The van der Waals surface area contributed by atoms with Gasteiger partial charge in [-0.2, -0.15) is 52.3 Å². The van der Waals surface area contributed by atoms with E-state index in [-0.39, 0.29) is 115 Å². The van der Waals surface area contributed by atoms with Crippen LogP contribution in [0.25, 0.3) is 4.85 Å². The molecule has 2 aromatic carbocycles. The summed E-state index contributed by atoms with van der Waals surface area (Å²) >= 11 is 21.6. The van der Waals surface area contributed by atoms with Gasteiger partial charge in [0.1, 0.15) is 36.5 Å². The predicted octanol–water partition coefficient (Wildman–Crippen LogP) is 9.78. The van der Waals surface area contributed by atoms with E-state index >= 15 is 0 Å². The molecule has 0 radical (unpaired) electrons. The number of thioether (sulfide) groups is 6. The molecule has 0 aliphatic carbocycles. The van der Waals surface area contributed by atoms with Crippen LogP contribution in [0, 0.1) is 17.9 Å². The van der Waals surface area contributed by atoms with Gasteiger partial charge in [-0.25, -0.2) is 9.64 Å². The Hall–Kier alpha value is -4.60. The van der Waals surface area contributed by atoms with Crippen molar-refractivity contribution in [2.24, 2.45) is 0 Å². The largest absolute Gasteiger partial charge is 0.468 e. The first-order valence-electron chi connectivity index (χ1n) is 25.3. The van der Waals surface area contributed by atoms with E-state index in [1.807, 2.05) is 6.07 Å². The van der Waals surface area contributed by atoms with Gasteiger partial charge in [0.2, 0.25) is 0 Å². The highest BCUT2D eigenvalue weighted by Gasteiger charge is 2.33. The Morgan fingerprint density at radius 1 is 0.588 bits per heavy atom. The smallest absolute Gasteiger partial charge is 0.351 e. The second-order valence-electron chi connectivity index (χ2n) is 17.7. The third-order valence-electron chi connectivity index (χ3n) is 11.3. The van der Waals surface area contributed by atoms with E-state index < -0.39 is 35.8 Å². The average molecular weight is 1250 g/mol. The van der Waals surface area contributed by atoms with Crippen molar-refractivity contribution >= 4 is 141 Å². The quantitative estimate of drug-likeness (QED) is 0.0155. The average Bonchev–Trinajstić information content (AvgIpc) is 3.95. The number of benzene rings is 2. The second kappa shape index (κ2) is 34.8. The summed E-state index contributed by atoms with van der Waals surface area (Å²) in [6, 6.07) is 12.4. The number of anilines is 2. The van der Waals surface area contributed by atoms with Crippen molar-refractivity contribution in [1.82, 2.24) is 0 Å². The van der Waals surface area contributed by atoms with Gasteiger partial charge in [0, 0.05) is 78.9 Å². The molecular formula is C54H60Cl2N4O14S6. The molecule has 18 nitrogen and oxygen atoms in total. The Labute approximate surface area is 501 Å². The Balaban J connectivity index is 0.869. The predicted molar refractivity (Wildman–Crippen MR) is 316 cm³/mol. The van der Waals surface area contributed by atoms with Crippen LogP contribution in [0.1, 0.15) is 38.5 Å². The van der Waals surface area contributed by atoms with Crippen molar-refractivity contribution in [1.29, 1.82) is 5.26 Å². The maximum absolute atomic E-state index is 13.3. The van der Waals surface area contributed by atoms with Crippen LogP contribution in [0.15, 0.2) is 91.8 Å². The minimum Gasteiger partial charge on any atom is -0.468 e. The second-order valence-corrected chi connectivity index (χ2v) is 24.8. The molecule has 2 fully saturated rings. The molecule has 430 valence electrons. The molecule has 0 N–H and O–H groups in total. The van der Waals surface area contributed by atoms with Crippen LogP contribution in [-0.4, -0.2) is 160 Å². The van der Waals surface area contributed by atoms with Crippen LogP contribution in [-0.2, 0) is 66.7 Å². The first kappa shape index (κ1) is 64.6. The van der Waals surface area contributed by atoms with Crippen LogP contribution >= 0.6 is 93.8 Å². The van der Waals surface area contributed by atoms with Gasteiger partial charge >= 0.3 is 35.8 Å². The molecule has 4 aliphatic rings. The van der Waals surface area contributed by atoms with E-state index in [2.05, 4.69) is 18.0 Å². The van der Waals surface area contributed by atoms with E-state index in [1.165, 1.54) is 23.5 Å². The van der Waals surface area contributed by atoms with Gasteiger partial charge < -0.3 is 47.7 Å². The zero-order chi connectivity index (χ0) is 57.2. The number of carbonyl (C=O) groups is 6. The van der Waals surface area contributed by atoms with Crippen LogP contribution in [0.5, 0.6) is 0 Å². The molecule has 6 rings (SSSR count). The summed E-state index contributed by atoms with van der Waals surface area (Å²) in [6.45, 7) is 16.4. The van der Waals surface area contributed by atoms with Gasteiger partial charge in [-0.15, -0.1) is 0 Å². The zero-order valence-electron chi connectivity index (χ0n) is 43.7. The van der Waals surface area contributed by atoms with Crippen molar-refractivity contribution in [2.45, 2.75) is 60.5 Å². The number of ether oxygens (including phenoxy) is 8. The van der Waals surface area contributed by atoms with Crippen molar-refractivity contribution < 1.29 is 66.7 Å². The summed E-state index contributed by atoms with van der Waals surface area (Å²) in [5.41, 5.74) is 3.25. The van der Waals surface area contributed by atoms with E-state index in [0.717, 1.165) is 49.6 Å². The SMILES string of the molecule is [C-]#[N+]/C(C(=O)OCCOCCOCCOC(=O)/C(C#N)=C1\Sc2cc(Cl)ccc2N1CCCOC(=O)CCC(=O)OC1CSCC(=C)CSC1)=C1/Sc2cc(Cl)ccc2N1CCCOC(=O)CCC(=O)OC1CSCC(=C)CSC1. The van der Waals surface area contributed by atoms with Crippen molar-refractivity contribution in [2.75, 3.05) is 122 Å². The third-order valence-corrected chi connectivity index (χ3v) is 19.0. The molecule has 0 spiro atoms. The number of halogens is 2. The van der Waals surface area contributed by atoms with E-state index in [1.54, 1.807) is 93.2 Å².